The Balaban J connectivity index is 2.09. The Bertz CT molecular complexity index is 759. The molecule has 2 aromatic heterocycles. The molecule has 0 bridgehead atoms. The maximum Gasteiger partial charge on any atom is 0.417 e. The molecular formula is C13H9F3N4. The van der Waals surface area contributed by atoms with E-state index in [4.69, 9.17) is 5.73 Å². The van der Waals surface area contributed by atoms with Gasteiger partial charge in [0, 0.05) is 17.4 Å². The minimum absolute atomic E-state index is 0.351. The number of aromatic nitrogens is 3. The Labute approximate surface area is 111 Å². The van der Waals surface area contributed by atoms with E-state index >= 15 is 0 Å². The summed E-state index contributed by atoms with van der Waals surface area (Å²) in [7, 11) is 0. The van der Waals surface area contributed by atoms with E-state index in [1.807, 2.05) is 0 Å². The summed E-state index contributed by atoms with van der Waals surface area (Å²) in [5, 5.41) is 4.05. The minimum atomic E-state index is -4.40. The number of nitrogens with zero attached hydrogens (tertiary/aromatic N) is 3. The van der Waals surface area contributed by atoms with Crippen molar-refractivity contribution >= 4 is 11.3 Å². The summed E-state index contributed by atoms with van der Waals surface area (Å²) in [4.78, 5) is 4.18. The first kappa shape index (κ1) is 12.5. The number of nitrogen functional groups attached to an aromatic ring is 1. The SMILES string of the molecule is Nc1ccc(-c2nc3ccc(C(F)(F)F)cn3n2)cc1. The Morgan fingerprint density at radius 3 is 2.35 bits per heavy atom. The van der Waals surface area contributed by atoms with Crippen LogP contribution < -0.4 is 5.73 Å². The molecule has 1 aromatic carbocycles. The number of hydrogen-bond donors (Lipinski definition) is 1. The summed E-state index contributed by atoms with van der Waals surface area (Å²) in [6, 6.07) is 9.07. The number of pyridine rings is 1. The van der Waals surface area contributed by atoms with Crippen LogP contribution in [0, 0.1) is 0 Å². The van der Waals surface area contributed by atoms with E-state index in [9.17, 15) is 13.2 Å². The summed E-state index contributed by atoms with van der Waals surface area (Å²) in [5.41, 5.74) is 6.45. The minimum Gasteiger partial charge on any atom is -0.399 e. The van der Waals surface area contributed by atoms with Crippen LogP contribution in [-0.4, -0.2) is 14.6 Å². The fourth-order valence-corrected chi connectivity index (χ4v) is 1.81. The molecule has 7 heteroatoms. The molecule has 0 saturated heterocycles. The van der Waals surface area contributed by atoms with Crippen LogP contribution in [0.15, 0.2) is 42.6 Å². The van der Waals surface area contributed by atoms with E-state index in [1.54, 1.807) is 24.3 Å². The van der Waals surface area contributed by atoms with Gasteiger partial charge in [0.15, 0.2) is 11.5 Å². The van der Waals surface area contributed by atoms with E-state index < -0.39 is 11.7 Å². The van der Waals surface area contributed by atoms with Crippen LogP contribution in [0.5, 0.6) is 0 Å². The van der Waals surface area contributed by atoms with E-state index in [1.165, 1.54) is 6.07 Å². The van der Waals surface area contributed by atoms with E-state index in [0.29, 0.717) is 22.7 Å². The van der Waals surface area contributed by atoms with Crippen LogP contribution in [-0.2, 0) is 6.18 Å². The Kier molecular flexibility index (Phi) is 2.63. The molecule has 102 valence electrons. The number of rotatable bonds is 1. The zero-order chi connectivity index (χ0) is 14.3. The first-order valence-corrected chi connectivity index (χ1v) is 5.73. The second-order valence-electron chi connectivity index (χ2n) is 4.28. The second kappa shape index (κ2) is 4.22. The van der Waals surface area contributed by atoms with E-state index in [0.717, 1.165) is 16.8 Å². The van der Waals surface area contributed by atoms with Crippen LogP contribution in [0.3, 0.4) is 0 Å². The maximum atomic E-state index is 12.6. The van der Waals surface area contributed by atoms with Gasteiger partial charge >= 0.3 is 6.18 Å². The number of alkyl halides is 3. The van der Waals surface area contributed by atoms with Gasteiger partial charge in [0.05, 0.1) is 5.56 Å². The Morgan fingerprint density at radius 1 is 1.00 bits per heavy atom. The molecular weight excluding hydrogens is 269 g/mol. The van der Waals surface area contributed by atoms with Gasteiger partial charge in [-0.05, 0) is 36.4 Å². The lowest BCUT2D eigenvalue weighted by Crippen LogP contribution is -2.06. The molecule has 0 aliphatic rings. The van der Waals surface area contributed by atoms with Crippen LogP contribution in [0.1, 0.15) is 5.56 Å². The molecule has 0 aliphatic carbocycles. The lowest BCUT2D eigenvalue weighted by atomic mass is 10.2. The van der Waals surface area contributed by atoms with Gasteiger partial charge in [0.1, 0.15) is 0 Å². The number of fused-ring (bicyclic) bond motifs is 1. The summed E-state index contributed by atoms with van der Waals surface area (Å²) in [6.45, 7) is 0. The second-order valence-corrected chi connectivity index (χ2v) is 4.28. The summed E-state index contributed by atoms with van der Waals surface area (Å²) >= 11 is 0. The number of nitrogens with two attached hydrogens (primary N) is 1. The van der Waals surface area contributed by atoms with Gasteiger partial charge in [-0.25, -0.2) is 9.50 Å². The fraction of sp³-hybridized carbons (Fsp3) is 0.0769. The van der Waals surface area contributed by atoms with Gasteiger partial charge in [-0.15, -0.1) is 5.10 Å². The van der Waals surface area contributed by atoms with Gasteiger partial charge in [0.25, 0.3) is 0 Å². The highest BCUT2D eigenvalue weighted by Gasteiger charge is 2.31. The summed E-state index contributed by atoms with van der Waals surface area (Å²) in [6.07, 6.45) is -3.48. The third kappa shape index (κ3) is 2.18. The first-order chi connectivity index (χ1) is 9.43. The maximum absolute atomic E-state index is 12.6. The van der Waals surface area contributed by atoms with Crippen molar-refractivity contribution in [2.45, 2.75) is 6.18 Å². The predicted octanol–water partition coefficient (Wildman–Crippen LogP) is 3.00. The highest BCUT2D eigenvalue weighted by molar-refractivity contribution is 5.60. The van der Waals surface area contributed by atoms with Crippen molar-refractivity contribution in [2.24, 2.45) is 0 Å². The number of halogens is 3. The molecule has 2 N–H and O–H groups in total. The zero-order valence-electron chi connectivity index (χ0n) is 10.1. The molecule has 0 unspecified atom stereocenters. The topological polar surface area (TPSA) is 56.2 Å². The third-order valence-corrected chi connectivity index (χ3v) is 2.83. The molecule has 20 heavy (non-hydrogen) atoms. The number of anilines is 1. The monoisotopic (exact) mass is 278 g/mol. The first-order valence-electron chi connectivity index (χ1n) is 5.73. The molecule has 0 aliphatic heterocycles. The van der Waals surface area contributed by atoms with Gasteiger partial charge in [0.2, 0.25) is 0 Å². The van der Waals surface area contributed by atoms with Crippen molar-refractivity contribution in [3.63, 3.8) is 0 Å². The Hall–Kier alpha value is -2.57. The largest absolute Gasteiger partial charge is 0.417 e. The fourth-order valence-electron chi connectivity index (χ4n) is 1.81. The molecule has 4 nitrogen and oxygen atoms in total. The molecule has 0 fully saturated rings. The van der Waals surface area contributed by atoms with E-state index in [2.05, 4.69) is 10.1 Å². The molecule has 3 rings (SSSR count). The quantitative estimate of drug-likeness (QED) is 0.696. The molecule has 0 radical (unpaired) electrons. The van der Waals surface area contributed by atoms with Crippen LogP contribution >= 0.6 is 0 Å². The zero-order valence-corrected chi connectivity index (χ0v) is 10.1. The molecule has 0 amide bonds. The average Bonchev–Trinajstić information content (AvgIpc) is 2.81. The van der Waals surface area contributed by atoms with Crippen LogP contribution in [0.4, 0.5) is 18.9 Å². The van der Waals surface area contributed by atoms with Crippen molar-refractivity contribution in [2.75, 3.05) is 5.73 Å². The molecule has 0 atom stereocenters. The summed E-state index contributed by atoms with van der Waals surface area (Å²) in [5.74, 6) is 0.351. The molecule has 3 aromatic rings. The standard InChI is InChI=1S/C13H9F3N4/c14-13(15,16)9-3-6-11-18-12(19-20(11)7-9)8-1-4-10(17)5-2-8/h1-7H,17H2. The van der Waals surface area contributed by atoms with Crippen LogP contribution in [0.2, 0.25) is 0 Å². The van der Waals surface area contributed by atoms with Crippen molar-refractivity contribution in [3.8, 4) is 11.4 Å². The van der Waals surface area contributed by atoms with Crippen molar-refractivity contribution in [1.82, 2.24) is 14.6 Å². The number of hydrogen-bond acceptors (Lipinski definition) is 3. The van der Waals surface area contributed by atoms with Crippen LogP contribution in [0.25, 0.3) is 17.0 Å². The highest BCUT2D eigenvalue weighted by Crippen LogP contribution is 2.29. The van der Waals surface area contributed by atoms with Gasteiger partial charge in [-0.3, -0.25) is 0 Å². The highest BCUT2D eigenvalue weighted by atomic mass is 19.4. The van der Waals surface area contributed by atoms with Gasteiger partial charge < -0.3 is 5.73 Å². The Morgan fingerprint density at radius 2 is 1.70 bits per heavy atom. The predicted molar refractivity (Wildman–Crippen MR) is 67.8 cm³/mol. The lowest BCUT2D eigenvalue weighted by Gasteiger charge is -2.05. The van der Waals surface area contributed by atoms with Crippen molar-refractivity contribution in [3.05, 3.63) is 48.2 Å². The normalized spacial score (nSPS) is 11.9. The molecule has 0 spiro atoms. The van der Waals surface area contributed by atoms with Crippen molar-refractivity contribution < 1.29 is 13.2 Å². The van der Waals surface area contributed by atoms with Crippen molar-refractivity contribution in [1.29, 1.82) is 0 Å². The number of benzene rings is 1. The smallest absolute Gasteiger partial charge is 0.399 e. The average molecular weight is 278 g/mol. The van der Waals surface area contributed by atoms with Gasteiger partial charge in [-0.2, -0.15) is 13.2 Å². The summed E-state index contributed by atoms with van der Waals surface area (Å²) < 4.78 is 39.0. The third-order valence-electron chi connectivity index (χ3n) is 2.83. The molecule has 0 saturated carbocycles. The molecule has 2 heterocycles. The lowest BCUT2D eigenvalue weighted by molar-refractivity contribution is -0.137. The van der Waals surface area contributed by atoms with Gasteiger partial charge in [-0.1, -0.05) is 0 Å². The van der Waals surface area contributed by atoms with E-state index in [-0.39, 0.29) is 0 Å².